The van der Waals surface area contributed by atoms with Gasteiger partial charge in [0.25, 0.3) is 5.91 Å². The molecule has 4 nitrogen and oxygen atoms in total. The molecule has 154 valence electrons. The van der Waals surface area contributed by atoms with Crippen LogP contribution in [-0.2, 0) is 17.2 Å². The highest BCUT2D eigenvalue weighted by Crippen LogP contribution is 2.17. The molecule has 0 bridgehead atoms. The zero-order chi connectivity index (χ0) is 21.2. The second-order valence-electron chi connectivity index (χ2n) is 7.02. The van der Waals surface area contributed by atoms with E-state index in [1.165, 1.54) is 11.1 Å². The molecule has 0 aliphatic heterocycles. The molecule has 0 saturated heterocycles. The van der Waals surface area contributed by atoms with Gasteiger partial charge in [0.1, 0.15) is 12.4 Å². The maximum atomic E-state index is 12.2. The topological polar surface area (TPSA) is 50.7 Å². The highest BCUT2D eigenvalue weighted by molar-refractivity contribution is 7.99. The number of benzene rings is 3. The summed E-state index contributed by atoms with van der Waals surface area (Å²) < 4.78 is 5.81. The maximum absolute atomic E-state index is 12.2. The zero-order valence-corrected chi connectivity index (χ0v) is 18.1. The van der Waals surface area contributed by atoms with Crippen molar-refractivity contribution in [2.75, 3.05) is 0 Å². The van der Waals surface area contributed by atoms with Gasteiger partial charge in [-0.25, -0.2) is 5.43 Å². The number of carbonyl (C=O) groups is 1. The SMILES string of the molecule is Cc1ccc(COc2ccc(/C=N\NC(=O)[C@H](C)SCc3ccccc3)cc2)cc1. The Balaban J connectivity index is 1.41. The molecule has 0 saturated carbocycles. The van der Waals surface area contributed by atoms with Crippen molar-refractivity contribution in [3.05, 3.63) is 101 Å². The number of aryl methyl sites for hydroxylation is 1. The summed E-state index contributed by atoms with van der Waals surface area (Å²) >= 11 is 1.59. The van der Waals surface area contributed by atoms with Crippen molar-refractivity contribution in [2.24, 2.45) is 5.10 Å². The monoisotopic (exact) mass is 418 g/mol. The van der Waals surface area contributed by atoms with Gasteiger partial charge in [-0.2, -0.15) is 5.10 Å². The van der Waals surface area contributed by atoms with Crippen molar-refractivity contribution in [3.8, 4) is 5.75 Å². The lowest BCUT2D eigenvalue weighted by molar-refractivity contribution is -0.120. The van der Waals surface area contributed by atoms with Crippen LogP contribution in [0.25, 0.3) is 0 Å². The summed E-state index contributed by atoms with van der Waals surface area (Å²) in [6.07, 6.45) is 1.64. The van der Waals surface area contributed by atoms with Gasteiger partial charge < -0.3 is 4.74 Å². The summed E-state index contributed by atoms with van der Waals surface area (Å²) in [7, 11) is 0. The lowest BCUT2D eigenvalue weighted by Crippen LogP contribution is -2.26. The molecule has 0 fully saturated rings. The van der Waals surface area contributed by atoms with Gasteiger partial charge >= 0.3 is 0 Å². The molecule has 5 heteroatoms. The van der Waals surface area contributed by atoms with E-state index in [1.54, 1.807) is 18.0 Å². The minimum absolute atomic E-state index is 0.106. The third-order valence-corrected chi connectivity index (χ3v) is 5.72. The molecule has 30 heavy (non-hydrogen) atoms. The number of carbonyl (C=O) groups excluding carboxylic acids is 1. The highest BCUT2D eigenvalue weighted by Gasteiger charge is 2.12. The van der Waals surface area contributed by atoms with Crippen LogP contribution in [0.4, 0.5) is 0 Å². The van der Waals surface area contributed by atoms with Gasteiger partial charge in [-0.1, -0.05) is 60.2 Å². The van der Waals surface area contributed by atoms with E-state index in [0.717, 1.165) is 22.6 Å². The molecule has 1 atom stereocenters. The summed E-state index contributed by atoms with van der Waals surface area (Å²) in [5.41, 5.74) is 7.07. The molecular formula is C25H26N2O2S. The zero-order valence-electron chi connectivity index (χ0n) is 17.2. The summed E-state index contributed by atoms with van der Waals surface area (Å²) in [6.45, 7) is 4.48. The molecule has 0 aliphatic rings. The van der Waals surface area contributed by atoms with Crippen molar-refractivity contribution in [1.29, 1.82) is 0 Å². The van der Waals surface area contributed by atoms with Gasteiger partial charge in [-0.05, 0) is 54.8 Å². The molecule has 3 aromatic rings. The molecule has 0 spiro atoms. The predicted molar refractivity (Wildman–Crippen MR) is 125 cm³/mol. The molecule has 3 rings (SSSR count). The van der Waals surface area contributed by atoms with Crippen molar-refractivity contribution in [2.45, 2.75) is 31.5 Å². The van der Waals surface area contributed by atoms with Crippen LogP contribution in [0.2, 0.25) is 0 Å². The van der Waals surface area contributed by atoms with Gasteiger partial charge in [0, 0.05) is 5.75 Å². The van der Waals surface area contributed by atoms with E-state index in [2.05, 4.69) is 53.8 Å². The number of rotatable bonds is 9. The number of nitrogens with one attached hydrogen (secondary N) is 1. The Kier molecular flexibility index (Phi) is 8.10. The van der Waals surface area contributed by atoms with E-state index >= 15 is 0 Å². The van der Waals surface area contributed by atoms with Gasteiger partial charge in [-0.15, -0.1) is 11.8 Å². The van der Waals surface area contributed by atoms with Crippen LogP contribution < -0.4 is 10.2 Å². The van der Waals surface area contributed by atoms with E-state index in [0.29, 0.717) is 6.61 Å². The van der Waals surface area contributed by atoms with E-state index in [1.807, 2.05) is 49.4 Å². The fourth-order valence-corrected chi connectivity index (χ4v) is 3.47. The van der Waals surface area contributed by atoms with Crippen molar-refractivity contribution in [1.82, 2.24) is 5.43 Å². The molecule has 0 heterocycles. The fraction of sp³-hybridized carbons (Fsp3) is 0.200. The van der Waals surface area contributed by atoms with Crippen LogP contribution in [0.15, 0.2) is 84.0 Å². The number of nitrogens with zero attached hydrogens (tertiary/aromatic N) is 1. The van der Waals surface area contributed by atoms with Crippen LogP contribution >= 0.6 is 11.8 Å². The third-order valence-electron chi connectivity index (χ3n) is 4.51. The first-order valence-corrected chi connectivity index (χ1v) is 10.9. The number of hydrogen-bond acceptors (Lipinski definition) is 4. The Morgan fingerprint density at radius 2 is 1.70 bits per heavy atom. The van der Waals surface area contributed by atoms with Crippen molar-refractivity contribution >= 4 is 23.9 Å². The van der Waals surface area contributed by atoms with Gasteiger partial charge in [0.05, 0.1) is 11.5 Å². The highest BCUT2D eigenvalue weighted by atomic mass is 32.2. The van der Waals surface area contributed by atoms with E-state index < -0.39 is 0 Å². The Hall–Kier alpha value is -3.05. The van der Waals surface area contributed by atoms with Gasteiger partial charge in [-0.3, -0.25) is 4.79 Å². The second-order valence-corrected chi connectivity index (χ2v) is 8.35. The first-order chi connectivity index (χ1) is 14.6. The average Bonchev–Trinajstić information content (AvgIpc) is 2.78. The Morgan fingerprint density at radius 1 is 1.00 bits per heavy atom. The van der Waals surface area contributed by atoms with Crippen LogP contribution in [0.5, 0.6) is 5.75 Å². The lowest BCUT2D eigenvalue weighted by atomic mass is 10.2. The van der Waals surface area contributed by atoms with E-state index in [4.69, 9.17) is 4.74 Å². The largest absolute Gasteiger partial charge is 0.489 e. The third kappa shape index (κ3) is 7.08. The number of thioether (sulfide) groups is 1. The molecule has 0 aromatic heterocycles. The van der Waals surface area contributed by atoms with Gasteiger partial charge in [0.15, 0.2) is 0 Å². The quantitative estimate of drug-likeness (QED) is 0.377. The number of hydrogen-bond donors (Lipinski definition) is 1. The summed E-state index contributed by atoms with van der Waals surface area (Å²) in [5.74, 6) is 1.48. The Morgan fingerprint density at radius 3 is 2.40 bits per heavy atom. The van der Waals surface area contributed by atoms with Crippen LogP contribution in [0.1, 0.15) is 29.2 Å². The summed E-state index contributed by atoms with van der Waals surface area (Å²) in [6, 6.07) is 26.0. The van der Waals surface area contributed by atoms with Crippen molar-refractivity contribution in [3.63, 3.8) is 0 Å². The molecule has 1 amide bonds. The van der Waals surface area contributed by atoms with Gasteiger partial charge in [0.2, 0.25) is 0 Å². The minimum atomic E-state index is -0.181. The summed E-state index contributed by atoms with van der Waals surface area (Å²) in [4.78, 5) is 12.2. The number of ether oxygens (including phenoxy) is 1. The molecule has 3 aromatic carbocycles. The second kappa shape index (κ2) is 11.2. The maximum Gasteiger partial charge on any atom is 0.252 e. The first kappa shape index (κ1) is 21.7. The Bertz CT molecular complexity index is 955. The van der Waals surface area contributed by atoms with Crippen molar-refractivity contribution < 1.29 is 9.53 Å². The normalized spacial score (nSPS) is 11.9. The molecule has 1 N–H and O–H groups in total. The molecule has 0 radical (unpaired) electrons. The predicted octanol–water partition coefficient (Wildman–Crippen LogP) is 5.35. The van der Waals surface area contributed by atoms with Crippen LogP contribution in [0.3, 0.4) is 0 Å². The first-order valence-electron chi connectivity index (χ1n) is 9.87. The molecule has 0 aliphatic carbocycles. The molecule has 0 unspecified atom stereocenters. The number of amides is 1. The lowest BCUT2D eigenvalue weighted by Gasteiger charge is -2.09. The number of hydrazone groups is 1. The minimum Gasteiger partial charge on any atom is -0.489 e. The standard InChI is InChI=1S/C25H26N2O2S/c1-19-8-10-22(11-9-19)17-29-24-14-12-21(13-15-24)16-26-27-25(28)20(2)30-18-23-6-4-3-5-7-23/h3-16,20H,17-18H2,1-2H3,(H,27,28)/b26-16-/t20-/m0/s1. The summed E-state index contributed by atoms with van der Waals surface area (Å²) in [5, 5.41) is 3.89. The average molecular weight is 419 g/mol. The fourth-order valence-electron chi connectivity index (χ4n) is 2.63. The van der Waals surface area contributed by atoms with Crippen LogP contribution in [0, 0.1) is 6.92 Å². The Labute approximate surface area is 182 Å². The van der Waals surface area contributed by atoms with E-state index in [-0.39, 0.29) is 11.2 Å². The van der Waals surface area contributed by atoms with Crippen LogP contribution in [-0.4, -0.2) is 17.4 Å². The smallest absolute Gasteiger partial charge is 0.252 e. The van der Waals surface area contributed by atoms with E-state index in [9.17, 15) is 4.79 Å². The molecular weight excluding hydrogens is 392 g/mol.